The van der Waals surface area contributed by atoms with Gasteiger partial charge in [0, 0.05) is 27.7 Å². The van der Waals surface area contributed by atoms with E-state index in [1.165, 1.54) is 11.9 Å². The summed E-state index contributed by atoms with van der Waals surface area (Å²) in [5.74, 6) is 1.54. The molecule has 1 aromatic heterocycles. The minimum atomic E-state index is -0.364. The zero-order valence-electron chi connectivity index (χ0n) is 16.6. The molecule has 5 rings (SSSR count). The predicted octanol–water partition coefficient (Wildman–Crippen LogP) is 4.95. The largest absolute Gasteiger partial charge is 0.489 e. The Bertz CT molecular complexity index is 1150. The smallest absolute Gasteiger partial charge is 0.226 e. The Labute approximate surface area is 183 Å². The Balaban J connectivity index is 1.57. The average Bonchev–Trinajstić information content (AvgIpc) is 3.21. The van der Waals surface area contributed by atoms with Crippen molar-refractivity contribution >= 4 is 27.7 Å². The molecule has 0 spiro atoms. The molecular weight excluding hydrogens is 444 g/mol. The number of aromatic nitrogens is 3. The van der Waals surface area contributed by atoms with Crippen LogP contribution in [-0.2, 0) is 11.4 Å². The molecule has 1 N–H and O–H groups in total. The number of rotatable bonds is 4. The molecule has 0 radical (unpaired) electrons. The van der Waals surface area contributed by atoms with Gasteiger partial charge in [-0.25, -0.2) is 4.68 Å². The van der Waals surface area contributed by atoms with E-state index in [4.69, 9.17) is 4.74 Å². The highest BCUT2D eigenvalue weighted by Crippen LogP contribution is 2.43. The SMILES string of the molecule is Cc1ccc(COc2ccc(Br)cc2C2C3=C(CCCC3=O)Nc3ncnn32)cc1. The molecule has 152 valence electrons. The van der Waals surface area contributed by atoms with Gasteiger partial charge < -0.3 is 10.1 Å². The van der Waals surface area contributed by atoms with Crippen molar-refractivity contribution in [3.05, 3.63) is 81.2 Å². The molecule has 0 saturated carbocycles. The fraction of sp³-hybridized carbons (Fsp3) is 0.261. The molecule has 3 aromatic rings. The minimum Gasteiger partial charge on any atom is -0.489 e. The maximum Gasteiger partial charge on any atom is 0.226 e. The van der Waals surface area contributed by atoms with Gasteiger partial charge in [0.2, 0.25) is 5.95 Å². The van der Waals surface area contributed by atoms with E-state index in [2.05, 4.69) is 62.5 Å². The number of ether oxygens (including phenoxy) is 1. The van der Waals surface area contributed by atoms with Crippen LogP contribution in [0.2, 0.25) is 0 Å². The summed E-state index contributed by atoms with van der Waals surface area (Å²) in [7, 11) is 0. The number of fused-ring (bicyclic) bond motifs is 1. The van der Waals surface area contributed by atoms with Crippen LogP contribution in [0.25, 0.3) is 0 Å². The molecule has 30 heavy (non-hydrogen) atoms. The van der Waals surface area contributed by atoms with Crippen molar-refractivity contribution in [2.24, 2.45) is 0 Å². The van der Waals surface area contributed by atoms with Gasteiger partial charge in [-0.2, -0.15) is 10.1 Å². The Morgan fingerprint density at radius 2 is 2.03 bits per heavy atom. The number of carbonyl (C=O) groups is 1. The maximum atomic E-state index is 12.9. The Kier molecular flexibility index (Phi) is 4.90. The number of anilines is 1. The van der Waals surface area contributed by atoms with E-state index in [-0.39, 0.29) is 11.8 Å². The molecule has 2 heterocycles. The Morgan fingerprint density at radius 3 is 2.87 bits per heavy atom. The summed E-state index contributed by atoms with van der Waals surface area (Å²) < 4.78 is 8.94. The maximum absolute atomic E-state index is 12.9. The summed E-state index contributed by atoms with van der Waals surface area (Å²) in [6, 6.07) is 13.8. The number of ketones is 1. The van der Waals surface area contributed by atoms with E-state index >= 15 is 0 Å². The first-order valence-corrected chi connectivity index (χ1v) is 10.8. The lowest BCUT2D eigenvalue weighted by Gasteiger charge is -2.33. The lowest BCUT2D eigenvalue weighted by molar-refractivity contribution is -0.116. The van der Waals surface area contributed by atoms with E-state index in [0.717, 1.165) is 45.5 Å². The van der Waals surface area contributed by atoms with Crippen LogP contribution >= 0.6 is 15.9 Å². The number of nitrogens with one attached hydrogen (secondary N) is 1. The minimum absolute atomic E-state index is 0.152. The second kappa shape index (κ2) is 7.72. The molecule has 1 atom stereocenters. The Morgan fingerprint density at radius 1 is 1.20 bits per heavy atom. The van der Waals surface area contributed by atoms with Gasteiger partial charge >= 0.3 is 0 Å². The third kappa shape index (κ3) is 3.43. The molecule has 6 nitrogen and oxygen atoms in total. The van der Waals surface area contributed by atoms with Crippen LogP contribution in [0.4, 0.5) is 5.95 Å². The topological polar surface area (TPSA) is 69.0 Å². The average molecular weight is 465 g/mol. The van der Waals surface area contributed by atoms with Crippen LogP contribution < -0.4 is 10.1 Å². The third-order valence-electron chi connectivity index (χ3n) is 5.59. The fourth-order valence-corrected chi connectivity index (χ4v) is 4.47. The van der Waals surface area contributed by atoms with E-state index < -0.39 is 0 Å². The highest BCUT2D eigenvalue weighted by atomic mass is 79.9. The zero-order valence-corrected chi connectivity index (χ0v) is 18.1. The van der Waals surface area contributed by atoms with E-state index in [0.29, 0.717) is 19.0 Å². The number of aryl methyl sites for hydroxylation is 1. The summed E-state index contributed by atoms with van der Waals surface area (Å²) >= 11 is 3.58. The van der Waals surface area contributed by atoms with Gasteiger partial charge in [-0.3, -0.25) is 4.79 Å². The van der Waals surface area contributed by atoms with Gasteiger partial charge in [0.15, 0.2) is 5.78 Å². The predicted molar refractivity (Wildman–Crippen MR) is 117 cm³/mol. The number of benzene rings is 2. The van der Waals surface area contributed by atoms with Gasteiger partial charge in [-0.1, -0.05) is 45.8 Å². The van der Waals surface area contributed by atoms with Crippen molar-refractivity contribution in [1.82, 2.24) is 14.8 Å². The van der Waals surface area contributed by atoms with E-state index in [9.17, 15) is 4.79 Å². The fourth-order valence-electron chi connectivity index (χ4n) is 4.09. The van der Waals surface area contributed by atoms with Crippen LogP contribution in [0.1, 0.15) is 42.0 Å². The summed E-state index contributed by atoms with van der Waals surface area (Å²) in [5, 5.41) is 7.73. The number of hydrogen-bond donors (Lipinski definition) is 1. The molecule has 0 saturated heterocycles. The molecule has 1 aliphatic carbocycles. The first-order chi connectivity index (χ1) is 14.6. The monoisotopic (exact) mass is 464 g/mol. The van der Waals surface area contributed by atoms with Gasteiger partial charge in [-0.15, -0.1) is 0 Å². The van der Waals surface area contributed by atoms with Crippen molar-refractivity contribution in [2.45, 2.75) is 38.8 Å². The van der Waals surface area contributed by atoms with Crippen LogP contribution in [0.5, 0.6) is 5.75 Å². The molecule has 0 fully saturated rings. The van der Waals surface area contributed by atoms with Crippen molar-refractivity contribution in [3.63, 3.8) is 0 Å². The lowest BCUT2D eigenvalue weighted by Crippen LogP contribution is -2.31. The number of halogens is 1. The highest BCUT2D eigenvalue weighted by molar-refractivity contribution is 9.10. The molecule has 1 aliphatic heterocycles. The van der Waals surface area contributed by atoms with Crippen molar-refractivity contribution in [3.8, 4) is 5.75 Å². The number of Topliss-reactive ketones (excluding diaryl/α,β-unsaturated/α-hetero) is 1. The normalized spacial score (nSPS) is 17.9. The summed E-state index contributed by atoms with van der Waals surface area (Å²) in [6.07, 6.45) is 3.75. The molecular formula is C23H21BrN4O2. The van der Waals surface area contributed by atoms with E-state index in [1.807, 2.05) is 18.2 Å². The first-order valence-electron chi connectivity index (χ1n) is 10.0. The van der Waals surface area contributed by atoms with Gasteiger partial charge in [-0.05, 0) is 43.5 Å². The van der Waals surface area contributed by atoms with E-state index in [1.54, 1.807) is 4.68 Å². The summed E-state index contributed by atoms with van der Waals surface area (Å²) in [5.41, 5.74) is 4.91. The zero-order chi connectivity index (χ0) is 20.7. The quantitative estimate of drug-likeness (QED) is 0.591. The molecule has 1 unspecified atom stereocenters. The summed E-state index contributed by atoms with van der Waals surface area (Å²) in [6.45, 7) is 2.51. The molecule has 2 aromatic carbocycles. The first kappa shape index (κ1) is 19.1. The van der Waals surface area contributed by atoms with Gasteiger partial charge in [0.1, 0.15) is 24.7 Å². The number of carbonyl (C=O) groups excluding carboxylic acids is 1. The second-order valence-corrected chi connectivity index (χ2v) is 8.60. The number of allylic oxidation sites excluding steroid dienone is 2. The van der Waals surface area contributed by atoms with Crippen molar-refractivity contribution in [2.75, 3.05) is 5.32 Å². The third-order valence-corrected chi connectivity index (χ3v) is 6.08. The molecule has 7 heteroatoms. The van der Waals surface area contributed by atoms with Crippen LogP contribution in [-0.4, -0.2) is 20.5 Å². The lowest BCUT2D eigenvalue weighted by atomic mass is 9.85. The van der Waals surface area contributed by atoms with Crippen LogP contribution in [0.15, 0.2) is 64.5 Å². The Hall–Kier alpha value is -2.93. The second-order valence-electron chi connectivity index (χ2n) is 7.68. The van der Waals surface area contributed by atoms with Crippen molar-refractivity contribution in [1.29, 1.82) is 0 Å². The number of hydrogen-bond acceptors (Lipinski definition) is 5. The van der Waals surface area contributed by atoms with Crippen LogP contribution in [0.3, 0.4) is 0 Å². The van der Waals surface area contributed by atoms with Crippen LogP contribution in [0, 0.1) is 6.92 Å². The molecule has 2 aliphatic rings. The van der Waals surface area contributed by atoms with Crippen molar-refractivity contribution < 1.29 is 9.53 Å². The number of nitrogens with zero attached hydrogens (tertiary/aromatic N) is 3. The summed E-state index contributed by atoms with van der Waals surface area (Å²) in [4.78, 5) is 17.3. The van der Waals surface area contributed by atoms with Gasteiger partial charge in [0.05, 0.1) is 0 Å². The highest BCUT2D eigenvalue weighted by Gasteiger charge is 2.37. The molecule has 0 bridgehead atoms. The van der Waals surface area contributed by atoms with Gasteiger partial charge in [0.25, 0.3) is 0 Å². The molecule has 0 amide bonds. The standard InChI is InChI=1S/C23H21BrN4O2/c1-14-5-7-15(8-6-14)12-30-20-10-9-16(24)11-17(20)22-21-18(3-2-4-19(21)29)27-23-25-13-26-28(22)23/h5-11,13,22H,2-4,12H2,1H3,(H,25,26,27).